The molecule has 0 fully saturated rings. The molecule has 0 aliphatic heterocycles. The number of rotatable bonds is 3. The summed E-state index contributed by atoms with van der Waals surface area (Å²) >= 11 is 0. The zero-order valence-electron chi connectivity index (χ0n) is 12.4. The maximum absolute atomic E-state index is 11.2. The Morgan fingerprint density at radius 1 is 0.913 bits per heavy atom. The quantitative estimate of drug-likeness (QED) is 0.670. The predicted molar refractivity (Wildman–Crippen MR) is 87.9 cm³/mol. The number of benzene rings is 3. The first kappa shape index (κ1) is 14.7. The summed E-state index contributed by atoms with van der Waals surface area (Å²) in [5.74, 6) is -1.04. The normalized spacial score (nSPS) is 11.2. The van der Waals surface area contributed by atoms with Crippen molar-refractivity contribution in [2.75, 3.05) is 0 Å². The summed E-state index contributed by atoms with van der Waals surface area (Å²) in [7, 11) is 0. The number of aryl methyl sites for hydroxylation is 1. The number of phenolic OH excluding ortho intramolecular Hbond substituents is 1. The number of aromatic hydroxyl groups is 1. The van der Waals surface area contributed by atoms with E-state index in [1.54, 1.807) is 24.3 Å². The highest BCUT2D eigenvalue weighted by atomic mass is 16.4. The molecule has 0 amide bonds. The van der Waals surface area contributed by atoms with Gasteiger partial charge >= 0.3 is 5.97 Å². The van der Waals surface area contributed by atoms with Gasteiger partial charge in [-0.2, -0.15) is 0 Å². The Balaban J connectivity index is 2.09. The second kappa shape index (κ2) is 5.88. The summed E-state index contributed by atoms with van der Waals surface area (Å²) in [6.07, 6.45) is 0. The topological polar surface area (TPSA) is 82.2 Å². The predicted octanol–water partition coefficient (Wildman–Crippen LogP) is 4.97. The molecule has 0 radical (unpaired) electrons. The molecule has 3 rings (SSSR count). The first-order valence-electron chi connectivity index (χ1n) is 7.03. The molecule has 5 nitrogen and oxygen atoms in total. The lowest BCUT2D eigenvalue weighted by Crippen LogP contribution is -1.95. The third-order valence-electron chi connectivity index (χ3n) is 3.60. The molecule has 0 saturated heterocycles. The Labute approximate surface area is 132 Å². The van der Waals surface area contributed by atoms with E-state index in [9.17, 15) is 9.90 Å². The minimum Gasteiger partial charge on any atom is -0.505 e. The number of hydrogen-bond acceptors (Lipinski definition) is 4. The van der Waals surface area contributed by atoms with Gasteiger partial charge in [0, 0.05) is 5.39 Å². The minimum atomic E-state index is -1.07. The molecule has 0 spiro atoms. The smallest absolute Gasteiger partial charge is 0.337 e. The van der Waals surface area contributed by atoms with Crippen molar-refractivity contribution in [2.24, 2.45) is 10.2 Å². The van der Waals surface area contributed by atoms with Crippen LogP contribution in [0.3, 0.4) is 0 Å². The fourth-order valence-corrected chi connectivity index (χ4v) is 2.45. The zero-order valence-corrected chi connectivity index (χ0v) is 12.4. The van der Waals surface area contributed by atoms with Crippen LogP contribution in [0.4, 0.5) is 11.4 Å². The lowest BCUT2D eigenvalue weighted by atomic mass is 10.0. The Morgan fingerprint density at radius 3 is 2.26 bits per heavy atom. The first-order valence-corrected chi connectivity index (χ1v) is 7.03. The Morgan fingerprint density at radius 2 is 1.52 bits per heavy atom. The van der Waals surface area contributed by atoms with Gasteiger partial charge in [0.2, 0.25) is 0 Å². The SMILES string of the molecule is Cc1cc(/N=N/c2ccccc2C(=O)O)c(O)c2ccccc12. The molecule has 0 saturated carbocycles. The highest BCUT2D eigenvalue weighted by Gasteiger charge is 2.11. The molecule has 5 heteroatoms. The lowest BCUT2D eigenvalue weighted by molar-refractivity contribution is 0.0697. The van der Waals surface area contributed by atoms with Gasteiger partial charge in [-0.3, -0.25) is 0 Å². The molecular weight excluding hydrogens is 292 g/mol. The molecule has 0 aromatic heterocycles. The average Bonchev–Trinajstić information content (AvgIpc) is 2.57. The molecule has 0 aliphatic rings. The van der Waals surface area contributed by atoms with Crippen LogP contribution in [0.1, 0.15) is 15.9 Å². The van der Waals surface area contributed by atoms with E-state index in [2.05, 4.69) is 10.2 Å². The maximum Gasteiger partial charge on any atom is 0.337 e. The largest absolute Gasteiger partial charge is 0.505 e. The third-order valence-corrected chi connectivity index (χ3v) is 3.60. The molecular formula is C18H14N2O3. The van der Waals surface area contributed by atoms with E-state index in [4.69, 9.17) is 5.11 Å². The second-order valence-corrected chi connectivity index (χ2v) is 5.13. The fraction of sp³-hybridized carbons (Fsp3) is 0.0556. The highest BCUT2D eigenvalue weighted by molar-refractivity contribution is 5.95. The van der Waals surface area contributed by atoms with E-state index in [1.807, 2.05) is 31.2 Å². The van der Waals surface area contributed by atoms with Crippen LogP contribution >= 0.6 is 0 Å². The van der Waals surface area contributed by atoms with Crippen molar-refractivity contribution in [1.29, 1.82) is 0 Å². The van der Waals surface area contributed by atoms with Crippen molar-refractivity contribution in [1.82, 2.24) is 0 Å². The van der Waals surface area contributed by atoms with E-state index in [-0.39, 0.29) is 17.0 Å². The number of carbonyl (C=O) groups is 1. The number of carboxylic acid groups (broad SMARTS) is 1. The van der Waals surface area contributed by atoms with Gasteiger partial charge in [0.15, 0.2) is 5.75 Å². The van der Waals surface area contributed by atoms with Gasteiger partial charge in [-0.25, -0.2) is 4.79 Å². The molecule has 0 aliphatic carbocycles. The summed E-state index contributed by atoms with van der Waals surface area (Å²) in [5, 5.41) is 29.2. The van der Waals surface area contributed by atoms with E-state index < -0.39 is 5.97 Å². The minimum absolute atomic E-state index is 0.0303. The van der Waals surface area contributed by atoms with Crippen molar-refractivity contribution in [3.63, 3.8) is 0 Å². The molecule has 23 heavy (non-hydrogen) atoms. The maximum atomic E-state index is 11.2. The van der Waals surface area contributed by atoms with Crippen molar-refractivity contribution in [3.8, 4) is 5.75 Å². The number of carboxylic acids is 1. The summed E-state index contributed by atoms with van der Waals surface area (Å²) < 4.78 is 0. The van der Waals surface area contributed by atoms with Crippen LogP contribution in [0.15, 0.2) is 64.8 Å². The van der Waals surface area contributed by atoms with Crippen LogP contribution in [0.25, 0.3) is 10.8 Å². The first-order chi connectivity index (χ1) is 11.1. The van der Waals surface area contributed by atoms with Crippen molar-refractivity contribution >= 4 is 28.1 Å². The van der Waals surface area contributed by atoms with Gasteiger partial charge in [-0.15, -0.1) is 10.2 Å². The molecule has 3 aromatic carbocycles. The molecule has 0 atom stereocenters. The average molecular weight is 306 g/mol. The molecule has 3 aromatic rings. The van der Waals surface area contributed by atoms with Gasteiger partial charge in [0.25, 0.3) is 0 Å². The lowest BCUT2D eigenvalue weighted by Gasteiger charge is -2.07. The fourth-order valence-electron chi connectivity index (χ4n) is 2.45. The summed E-state index contributed by atoms with van der Waals surface area (Å²) in [4.78, 5) is 11.2. The van der Waals surface area contributed by atoms with Gasteiger partial charge < -0.3 is 10.2 Å². The van der Waals surface area contributed by atoms with Crippen molar-refractivity contribution in [3.05, 3.63) is 65.7 Å². The molecule has 2 N–H and O–H groups in total. The number of nitrogens with zero attached hydrogens (tertiary/aromatic N) is 2. The summed E-state index contributed by atoms with van der Waals surface area (Å²) in [6, 6.07) is 15.5. The number of fused-ring (bicyclic) bond motifs is 1. The molecule has 114 valence electrons. The van der Waals surface area contributed by atoms with Crippen LogP contribution in [-0.2, 0) is 0 Å². The third kappa shape index (κ3) is 2.76. The highest BCUT2D eigenvalue weighted by Crippen LogP contribution is 2.37. The van der Waals surface area contributed by atoms with E-state index in [0.29, 0.717) is 11.1 Å². The molecule has 0 unspecified atom stereocenters. The van der Waals surface area contributed by atoms with Crippen molar-refractivity contribution < 1.29 is 15.0 Å². The van der Waals surface area contributed by atoms with Gasteiger partial charge in [-0.05, 0) is 36.1 Å². The van der Waals surface area contributed by atoms with Crippen LogP contribution < -0.4 is 0 Å². The Hall–Kier alpha value is -3.21. The van der Waals surface area contributed by atoms with Gasteiger partial charge in [-0.1, -0.05) is 36.4 Å². The van der Waals surface area contributed by atoms with Crippen LogP contribution in [-0.4, -0.2) is 16.2 Å². The van der Waals surface area contributed by atoms with E-state index >= 15 is 0 Å². The van der Waals surface area contributed by atoms with Crippen LogP contribution in [0, 0.1) is 6.92 Å². The van der Waals surface area contributed by atoms with Crippen LogP contribution in [0.5, 0.6) is 5.75 Å². The Bertz CT molecular complexity index is 933. The van der Waals surface area contributed by atoms with Gasteiger partial charge in [0.05, 0.1) is 5.56 Å². The summed E-state index contributed by atoms with van der Waals surface area (Å²) in [6.45, 7) is 1.92. The van der Waals surface area contributed by atoms with Gasteiger partial charge in [0.1, 0.15) is 11.4 Å². The number of phenols is 1. The Kier molecular flexibility index (Phi) is 3.76. The zero-order chi connectivity index (χ0) is 16.4. The number of azo groups is 1. The van der Waals surface area contributed by atoms with E-state index in [0.717, 1.165) is 10.9 Å². The summed E-state index contributed by atoms with van der Waals surface area (Å²) in [5.41, 5.74) is 1.57. The van der Waals surface area contributed by atoms with E-state index in [1.165, 1.54) is 6.07 Å². The second-order valence-electron chi connectivity index (χ2n) is 5.13. The monoisotopic (exact) mass is 306 g/mol. The standard InChI is InChI=1S/C18H14N2O3/c1-11-10-16(17(21)13-7-3-2-6-12(11)13)20-19-15-9-5-4-8-14(15)18(22)23/h2-10,21H,1H3,(H,22,23)/b20-19+. The number of aromatic carboxylic acids is 1. The van der Waals surface area contributed by atoms with Crippen molar-refractivity contribution in [2.45, 2.75) is 6.92 Å². The molecule has 0 bridgehead atoms. The van der Waals surface area contributed by atoms with Crippen LogP contribution in [0.2, 0.25) is 0 Å². The number of hydrogen-bond donors (Lipinski definition) is 2. The molecule has 0 heterocycles.